The average Bonchev–Trinajstić information content (AvgIpc) is 1.88. The van der Waals surface area contributed by atoms with Crippen LogP contribution in [-0.2, 0) is 0 Å². The maximum absolute atomic E-state index is 12.4. The van der Waals surface area contributed by atoms with E-state index in [9.17, 15) is 4.39 Å². The molecule has 1 heteroatoms. The molecule has 0 aliphatic heterocycles. The Morgan fingerprint density at radius 3 is 3.00 bits per heavy atom. The van der Waals surface area contributed by atoms with E-state index >= 15 is 0 Å². The lowest BCUT2D eigenvalue weighted by atomic mass is 10.2. The van der Waals surface area contributed by atoms with Crippen LogP contribution in [0.25, 0.3) is 6.08 Å². The van der Waals surface area contributed by atoms with Crippen molar-refractivity contribution in [3.05, 3.63) is 41.7 Å². The Balaban J connectivity index is 2.95. The molecule has 10 heavy (non-hydrogen) atoms. The molecule has 0 heterocycles. The van der Waals surface area contributed by atoms with E-state index in [1.54, 1.807) is 6.07 Å². The lowest BCUT2D eigenvalue weighted by Gasteiger charge is -1.89. The Kier molecular flexibility index (Phi) is 2.21. The Morgan fingerprint density at radius 2 is 2.40 bits per heavy atom. The average molecular weight is 135 g/mol. The molecule has 0 unspecified atom stereocenters. The highest BCUT2D eigenvalue weighted by Gasteiger charge is 1.88. The van der Waals surface area contributed by atoms with Crippen molar-refractivity contribution >= 4 is 6.08 Å². The molecule has 0 bridgehead atoms. The Hall–Kier alpha value is -1.11. The minimum Gasteiger partial charge on any atom is -0.207 e. The topological polar surface area (TPSA) is 0 Å². The van der Waals surface area contributed by atoms with Crippen LogP contribution in [0.5, 0.6) is 0 Å². The molecule has 0 N–H and O–H groups in total. The quantitative estimate of drug-likeness (QED) is 0.555. The fourth-order valence-corrected chi connectivity index (χ4v) is 0.732. The lowest BCUT2D eigenvalue weighted by Crippen LogP contribution is -1.74. The Bertz CT molecular complexity index is 238. The first kappa shape index (κ1) is 7.00. The summed E-state index contributed by atoms with van der Waals surface area (Å²) in [7, 11) is 0. The van der Waals surface area contributed by atoms with E-state index in [4.69, 9.17) is 0 Å². The molecule has 1 radical (unpaired) electrons. The van der Waals surface area contributed by atoms with E-state index in [2.05, 4.69) is 6.07 Å². The predicted octanol–water partition coefficient (Wildman–Crippen LogP) is 2.66. The fraction of sp³-hybridized carbons (Fsp3) is 0.111. The zero-order chi connectivity index (χ0) is 7.40. The molecule has 51 valence electrons. The minimum atomic E-state index is -0.216. The molecule has 1 rings (SSSR count). The van der Waals surface area contributed by atoms with Gasteiger partial charge in [0.2, 0.25) is 0 Å². The van der Waals surface area contributed by atoms with Gasteiger partial charge in [-0.3, -0.25) is 0 Å². The highest BCUT2D eigenvalue weighted by atomic mass is 19.1. The van der Waals surface area contributed by atoms with E-state index < -0.39 is 0 Å². The number of hydrogen-bond donors (Lipinski definition) is 0. The largest absolute Gasteiger partial charge is 0.207 e. The number of rotatable bonds is 1. The summed E-state index contributed by atoms with van der Waals surface area (Å²) in [5, 5.41) is 0. The van der Waals surface area contributed by atoms with E-state index in [1.165, 1.54) is 12.1 Å². The standard InChI is InChI=1S/C9H8F/c1-2-4-8-5-3-6-9(10)7-8/h2-4,6-7H,1H3/b4-2+. The highest BCUT2D eigenvalue weighted by molar-refractivity contribution is 5.47. The van der Waals surface area contributed by atoms with Crippen molar-refractivity contribution in [2.45, 2.75) is 6.92 Å². The van der Waals surface area contributed by atoms with Gasteiger partial charge in [0.1, 0.15) is 5.82 Å². The van der Waals surface area contributed by atoms with E-state index in [-0.39, 0.29) is 5.82 Å². The van der Waals surface area contributed by atoms with Crippen LogP contribution in [0.1, 0.15) is 12.5 Å². The van der Waals surface area contributed by atoms with Crippen LogP contribution in [0.4, 0.5) is 4.39 Å². The van der Waals surface area contributed by atoms with Crippen LogP contribution in [0.2, 0.25) is 0 Å². The SMILES string of the molecule is C/C=C/c1[c]ccc(F)c1. The molecule has 1 aromatic rings. The first-order chi connectivity index (χ1) is 4.83. The second kappa shape index (κ2) is 3.16. The van der Waals surface area contributed by atoms with Gasteiger partial charge in [0, 0.05) is 0 Å². The summed E-state index contributed by atoms with van der Waals surface area (Å²) in [5.74, 6) is -0.216. The summed E-state index contributed by atoms with van der Waals surface area (Å²) in [5.41, 5.74) is 0.780. The first-order valence-corrected chi connectivity index (χ1v) is 3.13. The first-order valence-electron chi connectivity index (χ1n) is 3.13. The minimum absolute atomic E-state index is 0.216. The van der Waals surface area contributed by atoms with Gasteiger partial charge in [-0.15, -0.1) is 0 Å². The number of benzene rings is 1. The van der Waals surface area contributed by atoms with Gasteiger partial charge in [-0.25, -0.2) is 4.39 Å². The summed E-state index contributed by atoms with van der Waals surface area (Å²) in [4.78, 5) is 0. The maximum atomic E-state index is 12.4. The molecule has 0 nitrogen and oxygen atoms in total. The fourth-order valence-electron chi connectivity index (χ4n) is 0.732. The molecule has 0 fully saturated rings. The number of hydrogen-bond acceptors (Lipinski definition) is 0. The van der Waals surface area contributed by atoms with Crippen LogP contribution >= 0.6 is 0 Å². The summed E-state index contributed by atoms with van der Waals surface area (Å²) in [6.07, 6.45) is 3.66. The molecule has 0 aromatic heterocycles. The smallest absolute Gasteiger partial charge is 0.123 e. The van der Waals surface area contributed by atoms with Gasteiger partial charge in [0.25, 0.3) is 0 Å². The molecular weight excluding hydrogens is 127 g/mol. The van der Waals surface area contributed by atoms with Gasteiger partial charge in [-0.05, 0) is 30.7 Å². The van der Waals surface area contributed by atoms with Crippen molar-refractivity contribution in [1.29, 1.82) is 0 Å². The zero-order valence-electron chi connectivity index (χ0n) is 5.76. The zero-order valence-corrected chi connectivity index (χ0v) is 5.76. The second-order valence-electron chi connectivity index (χ2n) is 1.96. The maximum Gasteiger partial charge on any atom is 0.123 e. The van der Waals surface area contributed by atoms with E-state index in [1.807, 2.05) is 19.1 Å². The van der Waals surface area contributed by atoms with Gasteiger partial charge in [-0.2, -0.15) is 0 Å². The number of allylic oxidation sites excluding steroid dienone is 1. The second-order valence-corrected chi connectivity index (χ2v) is 1.96. The van der Waals surface area contributed by atoms with Gasteiger partial charge >= 0.3 is 0 Å². The van der Waals surface area contributed by atoms with Crippen LogP contribution in [0, 0.1) is 11.9 Å². The van der Waals surface area contributed by atoms with Crippen molar-refractivity contribution in [3.8, 4) is 0 Å². The summed E-state index contributed by atoms with van der Waals surface area (Å²) >= 11 is 0. The third-order valence-electron chi connectivity index (χ3n) is 1.13. The summed E-state index contributed by atoms with van der Waals surface area (Å²) in [6.45, 7) is 1.89. The van der Waals surface area contributed by atoms with Crippen molar-refractivity contribution in [1.82, 2.24) is 0 Å². The molecule has 0 saturated heterocycles. The molecule has 0 saturated carbocycles. The van der Waals surface area contributed by atoms with Gasteiger partial charge in [0.05, 0.1) is 0 Å². The van der Waals surface area contributed by atoms with Crippen molar-refractivity contribution < 1.29 is 4.39 Å². The van der Waals surface area contributed by atoms with Gasteiger partial charge < -0.3 is 0 Å². The molecule has 0 amide bonds. The highest BCUT2D eigenvalue weighted by Crippen LogP contribution is 2.03. The van der Waals surface area contributed by atoms with Crippen LogP contribution < -0.4 is 0 Å². The molecular formula is C9H8F. The van der Waals surface area contributed by atoms with Gasteiger partial charge in [-0.1, -0.05) is 18.2 Å². The Morgan fingerprint density at radius 1 is 1.60 bits per heavy atom. The third-order valence-corrected chi connectivity index (χ3v) is 1.13. The normalized spacial score (nSPS) is 10.6. The van der Waals surface area contributed by atoms with Crippen LogP contribution in [0.15, 0.2) is 24.3 Å². The molecule has 0 atom stereocenters. The van der Waals surface area contributed by atoms with Crippen molar-refractivity contribution in [2.24, 2.45) is 0 Å². The van der Waals surface area contributed by atoms with Crippen LogP contribution in [0.3, 0.4) is 0 Å². The van der Waals surface area contributed by atoms with Crippen molar-refractivity contribution in [3.63, 3.8) is 0 Å². The van der Waals surface area contributed by atoms with E-state index in [0.29, 0.717) is 0 Å². The number of halogens is 1. The predicted molar refractivity (Wildman–Crippen MR) is 39.9 cm³/mol. The van der Waals surface area contributed by atoms with Crippen molar-refractivity contribution in [2.75, 3.05) is 0 Å². The summed E-state index contributed by atoms with van der Waals surface area (Å²) < 4.78 is 12.4. The molecule has 0 spiro atoms. The van der Waals surface area contributed by atoms with E-state index in [0.717, 1.165) is 5.56 Å². The summed E-state index contributed by atoms with van der Waals surface area (Å²) in [6, 6.07) is 7.28. The van der Waals surface area contributed by atoms with Crippen LogP contribution in [-0.4, -0.2) is 0 Å². The van der Waals surface area contributed by atoms with Gasteiger partial charge in [0.15, 0.2) is 0 Å². The molecule has 0 aliphatic rings. The molecule has 1 aromatic carbocycles. The monoisotopic (exact) mass is 135 g/mol. The molecule has 0 aliphatic carbocycles. The lowest BCUT2D eigenvalue weighted by molar-refractivity contribution is 0.627. The Labute approximate surface area is 60.0 Å². The third kappa shape index (κ3) is 1.69.